The topological polar surface area (TPSA) is 94.1 Å². The minimum atomic E-state index is -3.02. The highest BCUT2D eigenvalue weighted by Gasteiger charge is 2.09. The lowest BCUT2D eigenvalue weighted by atomic mass is 10.7. The molecule has 7 nitrogen and oxygen atoms in total. The third-order valence-corrected chi connectivity index (χ3v) is 3.87. The first-order valence-electron chi connectivity index (χ1n) is 5.45. The van der Waals surface area contributed by atoms with Crippen LogP contribution in [-0.4, -0.2) is 48.0 Å². The molecule has 0 fully saturated rings. The molecule has 0 atom stereocenters. The van der Waals surface area contributed by atoms with Crippen molar-refractivity contribution in [2.24, 2.45) is 0 Å². The third kappa shape index (κ3) is 5.01. The summed E-state index contributed by atoms with van der Waals surface area (Å²) < 4.78 is 27.7. The summed E-state index contributed by atoms with van der Waals surface area (Å²) in [6.07, 6.45) is 0. The number of anilines is 1. The molecular weight excluding hydrogens is 280 g/mol. The van der Waals surface area contributed by atoms with E-state index in [-0.39, 0.29) is 35.3 Å². The largest absolute Gasteiger partial charge is 0.464 e. The van der Waals surface area contributed by atoms with Crippen LogP contribution in [0.15, 0.2) is 0 Å². The number of hydrogen-bond donors (Lipinski definition) is 1. The van der Waals surface area contributed by atoms with Gasteiger partial charge in [0.1, 0.15) is 0 Å². The van der Waals surface area contributed by atoms with Gasteiger partial charge in [0.25, 0.3) is 0 Å². The molecule has 1 aromatic heterocycles. The van der Waals surface area contributed by atoms with Crippen molar-refractivity contribution in [3.8, 4) is 6.01 Å². The minimum Gasteiger partial charge on any atom is -0.464 e. The van der Waals surface area contributed by atoms with E-state index < -0.39 is 9.84 Å². The monoisotopic (exact) mass is 294 g/mol. The van der Waals surface area contributed by atoms with Crippen LogP contribution < -0.4 is 10.1 Å². The number of nitrogens with zero attached hydrogens (tertiary/aromatic N) is 3. The van der Waals surface area contributed by atoms with Crippen LogP contribution in [0.3, 0.4) is 0 Å². The average Bonchev–Trinajstić information content (AvgIpc) is 2.28. The van der Waals surface area contributed by atoms with E-state index in [1.54, 1.807) is 13.8 Å². The predicted molar refractivity (Wildman–Crippen MR) is 68.8 cm³/mol. The van der Waals surface area contributed by atoms with E-state index in [9.17, 15) is 8.42 Å². The van der Waals surface area contributed by atoms with Crippen molar-refractivity contribution in [2.45, 2.75) is 13.8 Å². The Morgan fingerprint density at radius 3 is 2.61 bits per heavy atom. The fourth-order valence-corrected chi connectivity index (χ4v) is 1.92. The van der Waals surface area contributed by atoms with Crippen molar-refractivity contribution in [3.63, 3.8) is 0 Å². The van der Waals surface area contributed by atoms with Crippen molar-refractivity contribution in [1.29, 1.82) is 0 Å². The normalized spacial score (nSPS) is 11.3. The molecule has 9 heteroatoms. The van der Waals surface area contributed by atoms with Crippen molar-refractivity contribution < 1.29 is 13.2 Å². The summed E-state index contributed by atoms with van der Waals surface area (Å²) in [6.45, 7) is 4.01. The van der Waals surface area contributed by atoms with Crippen LogP contribution in [0.5, 0.6) is 6.01 Å². The number of rotatable bonds is 7. The van der Waals surface area contributed by atoms with E-state index in [1.807, 2.05) is 0 Å². The van der Waals surface area contributed by atoms with Gasteiger partial charge in [0.15, 0.2) is 9.84 Å². The molecule has 0 aliphatic heterocycles. The molecule has 0 bridgehead atoms. The van der Waals surface area contributed by atoms with E-state index in [1.165, 1.54) is 0 Å². The summed E-state index contributed by atoms with van der Waals surface area (Å²) in [5, 5.41) is 2.76. The van der Waals surface area contributed by atoms with Crippen LogP contribution in [0.2, 0.25) is 5.28 Å². The number of sulfone groups is 1. The molecular formula is C9H15ClN4O3S. The fourth-order valence-electron chi connectivity index (χ4n) is 1.07. The summed E-state index contributed by atoms with van der Waals surface area (Å²) in [6, 6.07) is 0.110. The van der Waals surface area contributed by atoms with Gasteiger partial charge in [0.05, 0.1) is 12.4 Å². The van der Waals surface area contributed by atoms with Gasteiger partial charge in [-0.2, -0.15) is 15.0 Å². The van der Waals surface area contributed by atoms with Gasteiger partial charge in [-0.1, -0.05) is 6.92 Å². The Balaban J connectivity index is 2.62. The summed E-state index contributed by atoms with van der Waals surface area (Å²) in [7, 11) is -3.02. The predicted octanol–water partition coefficient (Wildman–Crippen LogP) is 0.770. The molecule has 0 amide bonds. The van der Waals surface area contributed by atoms with Crippen LogP contribution in [0.1, 0.15) is 13.8 Å². The quantitative estimate of drug-likeness (QED) is 0.793. The molecule has 0 unspecified atom stereocenters. The molecule has 0 saturated heterocycles. The van der Waals surface area contributed by atoms with Gasteiger partial charge in [-0.3, -0.25) is 0 Å². The number of halogens is 1. The highest BCUT2D eigenvalue weighted by Crippen LogP contribution is 2.11. The van der Waals surface area contributed by atoms with Crippen molar-refractivity contribution in [1.82, 2.24) is 15.0 Å². The molecule has 102 valence electrons. The summed E-state index contributed by atoms with van der Waals surface area (Å²) in [5.41, 5.74) is 0. The van der Waals surface area contributed by atoms with Gasteiger partial charge in [-0.15, -0.1) is 0 Å². The highest BCUT2D eigenvalue weighted by atomic mass is 35.5. The van der Waals surface area contributed by atoms with Gasteiger partial charge in [0.2, 0.25) is 11.2 Å². The average molecular weight is 295 g/mol. The number of hydrogen-bond acceptors (Lipinski definition) is 7. The molecule has 0 aliphatic rings. The zero-order valence-corrected chi connectivity index (χ0v) is 11.8. The third-order valence-electron chi connectivity index (χ3n) is 2.00. The Labute approximate surface area is 111 Å². The van der Waals surface area contributed by atoms with Crippen molar-refractivity contribution >= 4 is 27.4 Å². The highest BCUT2D eigenvalue weighted by molar-refractivity contribution is 7.91. The van der Waals surface area contributed by atoms with E-state index in [2.05, 4.69) is 20.3 Å². The Hall–Kier alpha value is -1.15. The molecule has 0 aliphatic carbocycles. The number of ether oxygens (including phenoxy) is 1. The van der Waals surface area contributed by atoms with Crippen LogP contribution >= 0.6 is 11.6 Å². The first-order valence-corrected chi connectivity index (χ1v) is 7.65. The second-order valence-corrected chi connectivity index (χ2v) is 6.12. The first kappa shape index (κ1) is 14.9. The maximum Gasteiger partial charge on any atom is 0.322 e. The van der Waals surface area contributed by atoms with Crippen molar-refractivity contribution in [2.75, 3.05) is 30.0 Å². The zero-order chi connectivity index (χ0) is 13.6. The first-order chi connectivity index (χ1) is 8.46. The second-order valence-electron chi connectivity index (χ2n) is 3.31. The number of aromatic nitrogens is 3. The lowest BCUT2D eigenvalue weighted by molar-refractivity contribution is 0.312. The lowest BCUT2D eigenvalue weighted by Gasteiger charge is -2.06. The van der Waals surface area contributed by atoms with E-state index in [0.717, 1.165) is 0 Å². The molecule has 18 heavy (non-hydrogen) atoms. The zero-order valence-electron chi connectivity index (χ0n) is 10.2. The Kier molecular flexibility index (Phi) is 5.54. The van der Waals surface area contributed by atoms with Gasteiger partial charge in [-0.25, -0.2) is 8.42 Å². The summed E-state index contributed by atoms with van der Waals surface area (Å²) in [5.74, 6) is 0.318. The molecule has 0 aromatic carbocycles. The van der Waals surface area contributed by atoms with Crippen LogP contribution in [-0.2, 0) is 9.84 Å². The van der Waals surface area contributed by atoms with Crippen LogP contribution in [0, 0.1) is 0 Å². The van der Waals surface area contributed by atoms with Gasteiger partial charge in [-0.05, 0) is 18.5 Å². The maximum absolute atomic E-state index is 11.3. The van der Waals surface area contributed by atoms with Crippen molar-refractivity contribution in [3.05, 3.63) is 5.28 Å². The lowest BCUT2D eigenvalue weighted by Crippen LogP contribution is -2.18. The van der Waals surface area contributed by atoms with Gasteiger partial charge < -0.3 is 10.1 Å². The summed E-state index contributed by atoms with van der Waals surface area (Å²) in [4.78, 5) is 11.5. The molecule has 1 N–H and O–H groups in total. The minimum absolute atomic E-state index is 0.00528. The van der Waals surface area contributed by atoms with E-state index in [4.69, 9.17) is 16.3 Å². The molecule has 0 radical (unpaired) electrons. The second kappa shape index (κ2) is 6.69. The molecule has 1 heterocycles. The SMILES string of the molecule is CCOc1nc(Cl)nc(NCCS(=O)(=O)CC)n1. The fraction of sp³-hybridized carbons (Fsp3) is 0.667. The maximum atomic E-state index is 11.3. The summed E-state index contributed by atoms with van der Waals surface area (Å²) >= 11 is 5.68. The molecule has 0 saturated carbocycles. The Morgan fingerprint density at radius 1 is 1.28 bits per heavy atom. The molecule has 0 spiro atoms. The van der Waals surface area contributed by atoms with Crippen LogP contribution in [0.25, 0.3) is 0 Å². The van der Waals surface area contributed by atoms with Crippen LogP contribution in [0.4, 0.5) is 5.95 Å². The smallest absolute Gasteiger partial charge is 0.322 e. The Morgan fingerprint density at radius 2 is 2.00 bits per heavy atom. The van der Waals surface area contributed by atoms with Gasteiger partial charge in [0, 0.05) is 12.3 Å². The Bertz CT molecular complexity index is 495. The molecule has 1 aromatic rings. The van der Waals surface area contributed by atoms with E-state index in [0.29, 0.717) is 6.61 Å². The van der Waals surface area contributed by atoms with E-state index >= 15 is 0 Å². The standard InChI is InChI=1S/C9H15ClN4O3S/c1-3-17-9-13-7(10)12-8(14-9)11-5-6-18(15,16)4-2/h3-6H2,1-2H3,(H,11,12,13,14). The number of nitrogens with one attached hydrogen (secondary N) is 1. The van der Waals surface area contributed by atoms with Gasteiger partial charge >= 0.3 is 6.01 Å². The molecule has 1 rings (SSSR count).